The number of aliphatic hydroxyl groups is 1. The molecule has 0 bridgehead atoms. The summed E-state index contributed by atoms with van der Waals surface area (Å²) in [6.45, 7) is 2.19. The molecule has 1 heterocycles. The van der Waals surface area contributed by atoms with Crippen LogP contribution in [0.15, 0.2) is 12.1 Å². The van der Waals surface area contributed by atoms with Crippen LogP contribution < -0.4 is 4.90 Å². The number of nitrogens with zero attached hydrogens (tertiary/aromatic N) is 2. The van der Waals surface area contributed by atoms with Crippen molar-refractivity contribution in [3.05, 3.63) is 33.9 Å². The van der Waals surface area contributed by atoms with Gasteiger partial charge < -0.3 is 10.0 Å². The monoisotopic (exact) mass is 272 g/mol. The van der Waals surface area contributed by atoms with Crippen LogP contribution in [0, 0.1) is 21.7 Å². The Morgan fingerprint density at radius 3 is 2.63 bits per heavy atom. The van der Waals surface area contributed by atoms with Crippen molar-refractivity contribution in [1.29, 1.82) is 0 Å². The van der Waals surface area contributed by atoms with Crippen LogP contribution in [0.4, 0.5) is 20.2 Å². The van der Waals surface area contributed by atoms with Gasteiger partial charge in [0.1, 0.15) is 11.5 Å². The van der Waals surface area contributed by atoms with Gasteiger partial charge in [-0.25, -0.2) is 4.39 Å². The van der Waals surface area contributed by atoms with E-state index in [4.69, 9.17) is 0 Å². The van der Waals surface area contributed by atoms with Gasteiger partial charge in [0.25, 0.3) is 0 Å². The third-order valence-corrected chi connectivity index (χ3v) is 3.22. The first-order valence-electron chi connectivity index (χ1n) is 5.97. The summed E-state index contributed by atoms with van der Waals surface area (Å²) in [6.07, 6.45) is 1.32. The van der Waals surface area contributed by atoms with Crippen LogP contribution in [0.5, 0.6) is 0 Å². The van der Waals surface area contributed by atoms with E-state index < -0.39 is 27.8 Å². The largest absolute Gasteiger partial charge is 0.386 e. The average Bonchev–Trinajstić information content (AvgIpc) is 2.24. The Morgan fingerprint density at radius 2 is 2.11 bits per heavy atom. The predicted molar refractivity (Wildman–Crippen MR) is 65.1 cm³/mol. The summed E-state index contributed by atoms with van der Waals surface area (Å²) in [7, 11) is 0. The molecular weight excluding hydrogens is 258 g/mol. The summed E-state index contributed by atoms with van der Waals surface area (Å²) >= 11 is 0. The van der Waals surface area contributed by atoms with Crippen molar-refractivity contribution in [2.45, 2.75) is 25.4 Å². The van der Waals surface area contributed by atoms with E-state index in [-0.39, 0.29) is 18.8 Å². The van der Waals surface area contributed by atoms with Crippen molar-refractivity contribution in [2.75, 3.05) is 18.0 Å². The molecule has 7 heteroatoms. The highest BCUT2D eigenvalue weighted by molar-refractivity contribution is 5.66. The minimum absolute atomic E-state index is 0.122. The molecule has 0 unspecified atom stereocenters. The lowest BCUT2D eigenvalue weighted by molar-refractivity contribution is -0.386. The number of benzene rings is 1. The quantitative estimate of drug-likeness (QED) is 0.674. The molecule has 0 aliphatic carbocycles. The van der Waals surface area contributed by atoms with Crippen LogP contribution in [-0.2, 0) is 0 Å². The van der Waals surface area contributed by atoms with Crippen molar-refractivity contribution < 1.29 is 18.8 Å². The summed E-state index contributed by atoms with van der Waals surface area (Å²) in [5.74, 6) is -2.07. The molecule has 0 radical (unpaired) electrons. The van der Waals surface area contributed by atoms with E-state index in [0.717, 1.165) is 12.5 Å². The maximum atomic E-state index is 13.5. The molecule has 5 nitrogen and oxygen atoms in total. The Kier molecular flexibility index (Phi) is 3.40. The molecule has 0 aromatic heterocycles. The highest BCUT2D eigenvalue weighted by Crippen LogP contribution is 2.38. The van der Waals surface area contributed by atoms with Crippen molar-refractivity contribution >= 4 is 11.4 Å². The standard InChI is InChI=1S/C12H14F2N2O3/c1-2-3-12(17)6-15(7-12)10-5-8(13)4-9(14)11(10)16(18)19/h4-5,17H,2-3,6-7H2,1H3. The predicted octanol–water partition coefficient (Wildman–Crippen LogP) is 2.22. The zero-order chi connectivity index (χ0) is 14.2. The first-order valence-corrected chi connectivity index (χ1v) is 5.97. The van der Waals surface area contributed by atoms with Gasteiger partial charge in [0.15, 0.2) is 0 Å². The molecule has 1 aromatic carbocycles. The SMILES string of the molecule is CCCC1(O)CN(c2cc(F)cc(F)c2[N+](=O)[O-])C1. The highest BCUT2D eigenvalue weighted by atomic mass is 19.1. The lowest BCUT2D eigenvalue weighted by Gasteiger charge is -2.47. The number of anilines is 1. The summed E-state index contributed by atoms with van der Waals surface area (Å²) in [5.41, 5.74) is -1.80. The molecular formula is C12H14F2N2O3. The Hall–Kier alpha value is -1.76. The maximum Gasteiger partial charge on any atom is 0.328 e. The van der Waals surface area contributed by atoms with Crippen LogP contribution >= 0.6 is 0 Å². The van der Waals surface area contributed by atoms with Crippen LogP contribution in [0.1, 0.15) is 19.8 Å². The van der Waals surface area contributed by atoms with Crippen molar-refractivity contribution in [2.24, 2.45) is 0 Å². The third kappa shape index (κ3) is 2.51. The van der Waals surface area contributed by atoms with Crippen molar-refractivity contribution in [3.8, 4) is 0 Å². The van der Waals surface area contributed by atoms with E-state index in [1.54, 1.807) is 0 Å². The van der Waals surface area contributed by atoms with E-state index >= 15 is 0 Å². The first-order chi connectivity index (χ1) is 8.86. The second kappa shape index (κ2) is 4.73. The molecule has 1 saturated heterocycles. The van der Waals surface area contributed by atoms with Crippen LogP contribution in [0.3, 0.4) is 0 Å². The lowest BCUT2D eigenvalue weighted by Crippen LogP contribution is -2.62. The second-order valence-corrected chi connectivity index (χ2v) is 4.84. The smallest absolute Gasteiger partial charge is 0.328 e. The minimum atomic E-state index is -1.20. The van der Waals surface area contributed by atoms with Gasteiger partial charge in [-0.05, 0) is 6.42 Å². The molecule has 1 aromatic rings. The second-order valence-electron chi connectivity index (χ2n) is 4.84. The number of nitro benzene ring substituents is 1. The van der Waals surface area contributed by atoms with Gasteiger partial charge in [-0.15, -0.1) is 0 Å². The molecule has 1 N–H and O–H groups in total. The number of halogens is 2. The Labute approximate surface area is 108 Å². The molecule has 0 atom stereocenters. The van der Waals surface area contributed by atoms with Crippen LogP contribution in [0.25, 0.3) is 0 Å². The van der Waals surface area contributed by atoms with Gasteiger partial charge >= 0.3 is 5.69 Å². The van der Waals surface area contributed by atoms with Crippen molar-refractivity contribution in [1.82, 2.24) is 0 Å². The number of hydrogen-bond donors (Lipinski definition) is 1. The normalized spacial score (nSPS) is 17.2. The highest BCUT2D eigenvalue weighted by Gasteiger charge is 2.43. The Morgan fingerprint density at radius 1 is 1.47 bits per heavy atom. The molecule has 1 aliphatic rings. The molecule has 19 heavy (non-hydrogen) atoms. The summed E-state index contributed by atoms with van der Waals surface area (Å²) in [4.78, 5) is 11.4. The van der Waals surface area contributed by atoms with Gasteiger partial charge in [-0.1, -0.05) is 13.3 Å². The fourth-order valence-electron chi connectivity index (χ4n) is 2.43. The van der Waals surface area contributed by atoms with E-state index in [1.807, 2.05) is 6.92 Å². The van der Waals surface area contributed by atoms with Gasteiger partial charge in [0.05, 0.1) is 10.5 Å². The first kappa shape index (κ1) is 13.7. The van der Waals surface area contributed by atoms with Gasteiger partial charge in [-0.2, -0.15) is 4.39 Å². The zero-order valence-electron chi connectivity index (χ0n) is 10.4. The zero-order valence-corrected chi connectivity index (χ0v) is 10.4. The van der Waals surface area contributed by atoms with Gasteiger partial charge in [0, 0.05) is 25.2 Å². The van der Waals surface area contributed by atoms with E-state index in [1.165, 1.54) is 4.90 Å². The molecule has 1 aliphatic heterocycles. The van der Waals surface area contributed by atoms with E-state index in [0.29, 0.717) is 12.5 Å². The van der Waals surface area contributed by atoms with Crippen LogP contribution in [-0.4, -0.2) is 28.7 Å². The fourth-order valence-corrected chi connectivity index (χ4v) is 2.43. The number of hydrogen-bond acceptors (Lipinski definition) is 4. The Bertz CT molecular complexity index is 516. The maximum absolute atomic E-state index is 13.5. The number of nitro groups is 1. The minimum Gasteiger partial charge on any atom is -0.386 e. The topological polar surface area (TPSA) is 66.6 Å². The van der Waals surface area contributed by atoms with Crippen molar-refractivity contribution in [3.63, 3.8) is 0 Å². The molecule has 2 rings (SSSR count). The summed E-state index contributed by atoms with van der Waals surface area (Å²) in [6, 6.07) is 1.41. The number of β-amino-alcohol motifs (C(OH)–C–C–N with tert-alkyl or cyclic N) is 1. The van der Waals surface area contributed by atoms with Gasteiger partial charge in [0.2, 0.25) is 5.82 Å². The average molecular weight is 272 g/mol. The fraction of sp³-hybridized carbons (Fsp3) is 0.500. The number of rotatable bonds is 4. The van der Waals surface area contributed by atoms with Crippen LogP contribution in [0.2, 0.25) is 0 Å². The molecule has 104 valence electrons. The van der Waals surface area contributed by atoms with E-state index in [9.17, 15) is 24.0 Å². The molecule has 1 fully saturated rings. The van der Waals surface area contributed by atoms with Gasteiger partial charge in [-0.3, -0.25) is 10.1 Å². The van der Waals surface area contributed by atoms with E-state index in [2.05, 4.69) is 0 Å². The molecule has 0 amide bonds. The lowest BCUT2D eigenvalue weighted by atomic mass is 9.88. The molecule has 0 saturated carbocycles. The molecule has 0 spiro atoms. The summed E-state index contributed by atoms with van der Waals surface area (Å²) < 4.78 is 26.6. The summed E-state index contributed by atoms with van der Waals surface area (Å²) in [5, 5.41) is 20.9. The third-order valence-electron chi connectivity index (χ3n) is 3.22. The Balaban J connectivity index is 2.29.